The lowest BCUT2D eigenvalue weighted by Crippen LogP contribution is -2.00. The summed E-state index contributed by atoms with van der Waals surface area (Å²) in [5.74, 6) is -0.261. The van der Waals surface area contributed by atoms with Crippen LogP contribution in [0, 0.1) is 10.1 Å². The van der Waals surface area contributed by atoms with Crippen LogP contribution in [0.4, 0.5) is 5.69 Å². The molecule has 0 atom stereocenters. The third kappa shape index (κ3) is 1.32. The third-order valence-corrected chi connectivity index (χ3v) is 2.87. The number of hydrogen-bond acceptors (Lipinski definition) is 3. The maximum atomic E-state index is 10.6. The zero-order valence-electron chi connectivity index (χ0n) is 7.86. The Balaban J connectivity index is 2.46. The minimum Gasteiger partial charge on any atom is -0.502 e. The lowest BCUT2D eigenvalue weighted by molar-refractivity contribution is -0.385. The normalized spacial score (nSPS) is 17.8. The van der Waals surface area contributed by atoms with Gasteiger partial charge in [-0.1, -0.05) is 13.0 Å². The van der Waals surface area contributed by atoms with Crippen LogP contribution >= 0.6 is 0 Å². The standard InChI is InChI=1S/C10H11NO3/c1-10(4-5-10)7-2-3-9(12)8(6-7)11(13)14/h2-3,6,12H,4-5H2,1H3. The van der Waals surface area contributed by atoms with Gasteiger partial charge in [-0.25, -0.2) is 0 Å². The number of aromatic hydroxyl groups is 1. The van der Waals surface area contributed by atoms with Crippen molar-refractivity contribution >= 4 is 5.69 Å². The lowest BCUT2D eigenvalue weighted by atomic mass is 9.98. The SMILES string of the molecule is CC1(c2ccc(O)c([N+](=O)[O-])c2)CC1. The van der Waals surface area contributed by atoms with E-state index < -0.39 is 4.92 Å². The van der Waals surface area contributed by atoms with E-state index in [2.05, 4.69) is 6.92 Å². The Bertz CT molecular complexity index is 396. The van der Waals surface area contributed by atoms with Crippen molar-refractivity contribution in [1.82, 2.24) is 0 Å². The number of nitrogens with zero attached hydrogens (tertiary/aromatic N) is 1. The first-order chi connectivity index (χ1) is 6.53. The highest BCUT2D eigenvalue weighted by Crippen LogP contribution is 2.48. The summed E-state index contributed by atoms with van der Waals surface area (Å²) in [4.78, 5) is 10.0. The maximum Gasteiger partial charge on any atom is 0.310 e. The Morgan fingerprint density at radius 1 is 1.50 bits per heavy atom. The van der Waals surface area contributed by atoms with Crippen LogP contribution in [0.25, 0.3) is 0 Å². The second-order valence-electron chi connectivity index (χ2n) is 4.02. The van der Waals surface area contributed by atoms with E-state index in [1.54, 1.807) is 6.07 Å². The second-order valence-corrected chi connectivity index (χ2v) is 4.02. The first kappa shape index (κ1) is 8.99. The van der Waals surface area contributed by atoms with Crippen LogP contribution in [-0.4, -0.2) is 10.0 Å². The van der Waals surface area contributed by atoms with E-state index >= 15 is 0 Å². The van der Waals surface area contributed by atoms with Crippen LogP contribution in [0.2, 0.25) is 0 Å². The highest BCUT2D eigenvalue weighted by atomic mass is 16.6. The van der Waals surface area contributed by atoms with E-state index in [0.717, 1.165) is 18.4 Å². The van der Waals surface area contributed by atoms with Crippen molar-refractivity contribution in [3.05, 3.63) is 33.9 Å². The minimum atomic E-state index is -0.551. The average molecular weight is 193 g/mol. The number of hydrogen-bond donors (Lipinski definition) is 1. The number of benzene rings is 1. The molecule has 1 aliphatic carbocycles. The van der Waals surface area contributed by atoms with Gasteiger partial charge in [0.2, 0.25) is 0 Å². The Morgan fingerprint density at radius 3 is 2.64 bits per heavy atom. The van der Waals surface area contributed by atoms with Crippen molar-refractivity contribution in [3.8, 4) is 5.75 Å². The second kappa shape index (κ2) is 2.70. The number of phenolic OH excluding ortho intramolecular Hbond substituents is 1. The molecular weight excluding hydrogens is 182 g/mol. The Hall–Kier alpha value is -1.58. The molecule has 0 bridgehead atoms. The summed E-state index contributed by atoms with van der Waals surface area (Å²) in [6.45, 7) is 2.07. The molecule has 1 aromatic carbocycles. The van der Waals surface area contributed by atoms with Gasteiger partial charge in [0.05, 0.1) is 4.92 Å². The van der Waals surface area contributed by atoms with Crippen molar-refractivity contribution in [2.75, 3.05) is 0 Å². The van der Waals surface area contributed by atoms with Gasteiger partial charge in [0.25, 0.3) is 0 Å². The summed E-state index contributed by atoms with van der Waals surface area (Å²) < 4.78 is 0. The Morgan fingerprint density at radius 2 is 2.14 bits per heavy atom. The molecule has 1 aliphatic rings. The highest BCUT2D eigenvalue weighted by Gasteiger charge is 2.40. The van der Waals surface area contributed by atoms with E-state index in [0.29, 0.717) is 0 Å². The summed E-state index contributed by atoms with van der Waals surface area (Å²) in [6.07, 6.45) is 2.13. The molecule has 0 amide bonds. The van der Waals surface area contributed by atoms with E-state index in [-0.39, 0.29) is 16.9 Å². The van der Waals surface area contributed by atoms with Crippen molar-refractivity contribution in [1.29, 1.82) is 0 Å². The van der Waals surface area contributed by atoms with Crippen LogP contribution < -0.4 is 0 Å². The van der Waals surface area contributed by atoms with Crippen LogP contribution in [0.3, 0.4) is 0 Å². The molecule has 0 aromatic heterocycles. The van der Waals surface area contributed by atoms with Gasteiger partial charge in [0, 0.05) is 6.07 Å². The van der Waals surface area contributed by atoms with Crippen LogP contribution in [0.5, 0.6) is 5.75 Å². The van der Waals surface area contributed by atoms with Gasteiger partial charge in [-0.15, -0.1) is 0 Å². The molecule has 0 saturated heterocycles. The fourth-order valence-electron chi connectivity index (χ4n) is 1.52. The van der Waals surface area contributed by atoms with Gasteiger partial charge in [0.15, 0.2) is 5.75 Å². The van der Waals surface area contributed by atoms with E-state index in [1.165, 1.54) is 12.1 Å². The number of phenols is 1. The largest absolute Gasteiger partial charge is 0.502 e. The topological polar surface area (TPSA) is 63.4 Å². The summed E-state index contributed by atoms with van der Waals surface area (Å²) in [6, 6.07) is 4.63. The van der Waals surface area contributed by atoms with Crippen molar-refractivity contribution in [2.45, 2.75) is 25.2 Å². The molecule has 4 nitrogen and oxygen atoms in total. The molecule has 0 heterocycles. The molecule has 1 N–H and O–H groups in total. The fraction of sp³-hybridized carbons (Fsp3) is 0.400. The molecule has 14 heavy (non-hydrogen) atoms. The molecule has 74 valence electrons. The summed E-state index contributed by atoms with van der Waals surface area (Å²) in [5.41, 5.74) is 0.843. The third-order valence-electron chi connectivity index (χ3n) is 2.87. The lowest BCUT2D eigenvalue weighted by Gasteiger charge is -2.08. The van der Waals surface area contributed by atoms with E-state index in [9.17, 15) is 15.2 Å². The van der Waals surface area contributed by atoms with Gasteiger partial charge in [-0.2, -0.15) is 0 Å². The van der Waals surface area contributed by atoms with Gasteiger partial charge in [0.1, 0.15) is 0 Å². The number of nitro benzene ring substituents is 1. The van der Waals surface area contributed by atoms with Gasteiger partial charge < -0.3 is 5.11 Å². The summed E-state index contributed by atoms with van der Waals surface area (Å²) in [5, 5.41) is 19.8. The number of nitro groups is 1. The predicted octanol–water partition coefficient (Wildman–Crippen LogP) is 2.35. The zero-order chi connectivity index (χ0) is 10.3. The minimum absolute atomic E-state index is 0.0957. The average Bonchev–Trinajstić information content (AvgIpc) is 2.85. The smallest absolute Gasteiger partial charge is 0.310 e. The molecule has 1 aromatic rings. The molecule has 4 heteroatoms. The van der Waals surface area contributed by atoms with Gasteiger partial charge >= 0.3 is 5.69 Å². The van der Waals surface area contributed by atoms with Crippen molar-refractivity contribution < 1.29 is 10.0 Å². The Labute approximate surface area is 81.3 Å². The first-order valence-corrected chi connectivity index (χ1v) is 4.51. The first-order valence-electron chi connectivity index (χ1n) is 4.51. The van der Waals surface area contributed by atoms with E-state index in [4.69, 9.17) is 0 Å². The molecule has 0 radical (unpaired) electrons. The predicted molar refractivity (Wildman–Crippen MR) is 51.3 cm³/mol. The van der Waals surface area contributed by atoms with Gasteiger partial charge in [-0.3, -0.25) is 10.1 Å². The molecule has 0 aliphatic heterocycles. The van der Waals surface area contributed by atoms with Crippen molar-refractivity contribution in [3.63, 3.8) is 0 Å². The summed E-state index contributed by atoms with van der Waals surface area (Å²) in [7, 11) is 0. The van der Waals surface area contributed by atoms with Gasteiger partial charge in [-0.05, 0) is 29.9 Å². The summed E-state index contributed by atoms with van der Waals surface area (Å²) >= 11 is 0. The zero-order valence-corrected chi connectivity index (χ0v) is 7.86. The molecule has 1 fully saturated rings. The molecular formula is C10H11NO3. The molecule has 2 rings (SSSR count). The van der Waals surface area contributed by atoms with Crippen molar-refractivity contribution in [2.24, 2.45) is 0 Å². The maximum absolute atomic E-state index is 10.6. The van der Waals surface area contributed by atoms with Crippen LogP contribution in [-0.2, 0) is 5.41 Å². The monoisotopic (exact) mass is 193 g/mol. The van der Waals surface area contributed by atoms with Crippen LogP contribution in [0.1, 0.15) is 25.3 Å². The molecule has 0 spiro atoms. The highest BCUT2D eigenvalue weighted by molar-refractivity contribution is 5.50. The molecule has 1 saturated carbocycles. The Kier molecular flexibility index (Phi) is 1.74. The van der Waals surface area contributed by atoms with E-state index in [1.807, 2.05) is 0 Å². The number of rotatable bonds is 2. The molecule has 0 unspecified atom stereocenters. The van der Waals surface area contributed by atoms with Crippen LogP contribution in [0.15, 0.2) is 18.2 Å². The fourth-order valence-corrected chi connectivity index (χ4v) is 1.52. The quantitative estimate of drug-likeness (QED) is 0.579.